The van der Waals surface area contributed by atoms with Crippen LogP contribution in [0, 0.1) is 5.92 Å². The van der Waals surface area contributed by atoms with Gasteiger partial charge in [-0.1, -0.05) is 48.1 Å². The molecule has 176 valence electrons. The van der Waals surface area contributed by atoms with Gasteiger partial charge in [0.1, 0.15) is 11.8 Å². The summed E-state index contributed by atoms with van der Waals surface area (Å²) in [6.45, 7) is 1.99. The molecule has 2 aliphatic heterocycles. The Morgan fingerprint density at radius 1 is 1.11 bits per heavy atom. The summed E-state index contributed by atoms with van der Waals surface area (Å²) in [5, 5.41) is 14.9. The lowest BCUT2D eigenvalue weighted by atomic mass is 9.78. The number of aliphatic imine (C=N–C) groups is 1. The minimum absolute atomic E-state index is 0.209. The van der Waals surface area contributed by atoms with Gasteiger partial charge in [-0.25, -0.2) is 10.0 Å². The molecule has 0 radical (unpaired) electrons. The Kier molecular flexibility index (Phi) is 5.86. The number of aliphatic carboxylic acids is 1. The van der Waals surface area contributed by atoms with E-state index in [1.165, 1.54) is 11.3 Å². The molecule has 0 fully saturated rings. The maximum Gasteiger partial charge on any atom is 0.303 e. The molecular formula is C27H23N3O5. The molecule has 8 heteroatoms. The first kappa shape index (κ1) is 22.5. The van der Waals surface area contributed by atoms with Gasteiger partial charge in [0.05, 0.1) is 29.7 Å². The Morgan fingerprint density at radius 2 is 1.91 bits per heavy atom. The molecule has 1 aromatic heterocycles. The van der Waals surface area contributed by atoms with Crippen LogP contribution in [0.4, 0.5) is 0 Å². The summed E-state index contributed by atoms with van der Waals surface area (Å²) >= 11 is 0. The number of allylic oxidation sites excluding steroid dienone is 5. The highest BCUT2D eigenvalue weighted by Gasteiger charge is 2.41. The lowest BCUT2D eigenvalue weighted by molar-refractivity contribution is -0.141. The van der Waals surface area contributed by atoms with Crippen LogP contribution >= 0.6 is 0 Å². The van der Waals surface area contributed by atoms with Crippen LogP contribution in [-0.2, 0) is 14.4 Å². The summed E-state index contributed by atoms with van der Waals surface area (Å²) in [6.07, 6.45) is 7.10. The molecule has 5 rings (SSSR count). The second kappa shape index (κ2) is 9.13. The first-order valence-corrected chi connectivity index (χ1v) is 11.4. The van der Waals surface area contributed by atoms with Crippen molar-refractivity contribution in [3.63, 3.8) is 0 Å². The second-order valence-corrected chi connectivity index (χ2v) is 8.63. The average Bonchev–Trinajstić information content (AvgIpc) is 3.53. The number of fused-ring (bicyclic) bond motifs is 1. The van der Waals surface area contributed by atoms with Gasteiger partial charge < -0.3 is 9.52 Å². The van der Waals surface area contributed by atoms with Crippen molar-refractivity contribution >= 4 is 34.8 Å². The highest BCUT2D eigenvalue weighted by molar-refractivity contribution is 6.33. The van der Waals surface area contributed by atoms with Gasteiger partial charge in [0.15, 0.2) is 0 Å². The van der Waals surface area contributed by atoms with E-state index in [-0.39, 0.29) is 25.2 Å². The zero-order chi connectivity index (χ0) is 24.5. The maximum absolute atomic E-state index is 13.4. The van der Waals surface area contributed by atoms with Crippen LogP contribution < -0.4 is 0 Å². The van der Waals surface area contributed by atoms with Gasteiger partial charge in [0.25, 0.3) is 5.91 Å². The summed E-state index contributed by atoms with van der Waals surface area (Å²) in [4.78, 5) is 41.8. The van der Waals surface area contributed by atoms with Crippen molar-refractivity contribution in [2.24, 2.45) is 16.0 Å². The molecule has 35 heavy (non-hydrogen) atoms. The number of carbonyl (C=O) groups excluding carboxylic acids is 2. The Hall–Kier alpha value is -4.33. The number of nitrogens with zero attached hydrogens (tertiary/aromatic N) is 3. The summed E-state index contributed by atoms with van der Waals surface area (Å²) < 4.78 is 5.57. The van der Waals surface area contributed by atoms with Gasteiger partial charge in [0, 0.05) is 18.8 Å². The molecule has 1 N–H and O–H groups in total. The highest BCUT2D eigenvalue weighted by atomic mass is 16.4. The Bertz CT molecular complexity index is 1350. The summed E-state index contributed by atoms with van der Waals surface area (Å²) in [7, 11) is 0. The predicted octanol–water partition coefficient (Wildman–Crippen LogP) is 4.34. The Labute approximate surface area is 201 Å². The number of hydrazone groups is 1. The predicted molar refractivity (Wildman–Crippen MR) is 129 cm³/mol. The standard InChI is InChI=1S/C27H23N3O5/c1-16-9-10-19-18(14-16)25(17-6-3-2-4-7-17)26(27(34)28-19)20-15-21(22-8-5-13-35-22)30(29-20)23(31)11-12-24(32)33/h2-10,13-14,18,21H,11-12,15H2,1H3,(H,32,33). The molecule has 2 amide bonds. The average molecular weight is 469 g/mol. The van der Waals surface area contributed by atoms with E-state index in [2.05, 4.69) is 16.2 Å². The van der Waals surface area contributed by atoms with Gasteiger partial charge >= 0.3 is 5.97 Å². The molecule has 2 unspecified atom stereocenters. The molecule has 0 saturated heterocycles. The molecule has 2 aromatic rings. The third-order valence-electron chi connectivity index (χ3n) is 6.25. The summed E-state index contributed by atoms with van der Waals surface area (Å²) in [5.74, 6) is -1.64. The highest BCUT2D eigenvalue weighted by Crippen LogP contribution is 2.41. The van der Waals surface area contributed by atoms with E-state index in [1.54, 1.807) is 12.1 Å². The monoisotopic (exact) mass is 469 g/mol. The third-order valence-corrected chi connectivity index (χ3v) is 6.25. The first-order valence-electron chi connectivity index (χ1n) is 11.4. The largest absolute Gasteiger partial charge is 0.481 e. The number of carboxylic acid groups (broad SMARTS) is 1. The molecule has 8 nitrogen and oxygen atoms in total. The summed E-state index contributed by atoms with van der Waals surface area (Å²) in [6, 6.07) is 12.5. The first-order chi connectivity index (χ1) is 16.9. The normalized spacial score (nSPS) is 21.5. The van der Waals surface area contributed by atoms with Gasteiger partial charge in [-0.2, -0.15) is 5.10 Å². The van der Waals surface area contributed by atoms with Crippen LogP contribution in [0.25, 0.3) is 5.57 Å². The number of hydrogen-bond donors (Lipinski definition) is 1. The molecule has 0 saturated carbocycles. The number of benzene rings is 1. The third kappa shape index (κ3) is 4.30. The zero-order valence-electron chi connectivity index (χ0n) is 19.0. The zero-order valence-corrected chi connectivity index (χ0v) is 19.0. The van der Waals surface area contributed by atoms with Crippen LogP contribution in [0.1, 0.15) is 43.6 Å². The second-order valence-electron chi connectivity index (χ2n) is 8.63. The van der Waals surface area contributed by atoms with Crippen molar-refractivity contribution in [2.45, 2.75) is 32.2 Å². The van der Waals surface area contributed by atoms with E-state index >= 15 is 0 Å². The van der Waals surface area contributed by atoms with E-state index in [0.29, 0.717) is 22.8 Å². The SMILES string of the molecule is CC1=CC2C(=NC(=O)C(C3=NN(C(=O)CCC(=O)O)C(c4ccco4)C3)=C2c2ccccc2)C=C1. The van der Waals surface area contributed by atoms with Crippen molar-refractivity contribution in [1.82, 2.24) is 5.01 Å². The molecule has 2 atom stereocenters. The van der Waals surface area contributed by atoms with Gasteiger partial charge in [-0.3, -0.25) is 14.4 Å². The molecule has 3 heterocycles. The minimum atomic E-state index is -1.07. The summed E-state index contributed by atoms with van der Waals surface area (Å²) in [5.41, 5.74) is 4.19. The maximum atomic E-state index is 13.4. The molecule has 0 spiro atoms. The lowest BCUT2D eigenvalue weighted by Crippen LogP contribution is -2.27. The molecule has 0 bridgehead atoms. The quantitative estimate of drug-likeness (QED) is 0.676. The van der Waals surface area contributed by atoms with E-state index in [1.807, 2.05) is 49.4 Å². The minimum Gasteiger partial charge on any atom is -0.481 e. The number of rotatable bonds is 6. The number of amides is 2. The molecule has 1 aliphatic carbocycles. The number of carboxylic acids is 1. The topological polar surface area (TPSA) is 113 Å². The van der Waals surface area contributed by atoms with Crippen molar-refractivity contribution in [3.05, 3.63) is 89.4 Å². The fourth-order valence-corrected chi connectivity index (χ4v) is 4.65. The van der Waals surface area contributed by atoms with Crippen LogP contribution in [0.3, 0.4) is 0 Å². The molecule has 1 aromatic carbocycles. The van der Waals surface area contributed by atoms with Gasteiger partial charge in [-0.15, -0.1) is 0 Å². The van der Waals surface area contributed by atoms with Crippen LogP contribution in [-0.4, -0.2) is 39.3 Å². The number of hydrogen-bond acceptors (Lipinski definition) is 5. The Morgan fingerprint density at radius 3 is 2.63 bits per heavy atom. The van der Waals surface area contributed by atoms with Crippen molar-refractivity contribution in [1.29, 1.82) is 0 Å². The fraction of sp³-hybridized carbons (Fsp3) is 0.222. The van der Waals surface area contributed by atoms with Crippen LogP contribution in [0.2, 0.25) is 0 Å². The molecule has 3 aliphatic rings. The smallest absolute Gasteiger partial charge is 0.303 e. The Balaban J connectivity index is 1.63. The number of carbonyl (C=O) groups is 3. The van der Waals surface area contributed by atoms with Crippen LogP contribution in [0.5, 0.6) is 0 Å². The van der Waals surface area contributed by atoms with E-state index < -0.39 is 23.8 Å². The number of dihydropyridines is 1. The lowest BCUT2D eigenvalue weighted by Gasteiger charge is -2.27. The van der Waals surface area contributed by atoms with Crippen molar-refractivity contribution in [3.8, 4) is 0 Å². The van der Waals surface area contributed by atoms with E-state index in [0.717, 1.165) is 16.7 Å². The number of furan rings is 1. The molecular weight excluding hydrogens is 446 g/mol. The van der Waals surface area contributed by atoms with Gasteiger partial charge in [0.2, 0.25) is 5.91 Å². The van der Waals surface area contributed by atoms with Gasteiger partial charge in [-0.05, 0) is 36.3 Å². The van der Waals surface area contributed by atoms with Crippen molar-refractivity contribution in [2.75, 3.05) is 0 Å². The van der Waals surface area contributed by atoms with E-state index in [4.69, 9.17) is 9.52 Å². The van der Waals surface area contributed by atoms with E-state index in [9.17, 15) is 14.4 Å². The van der Waals surface area contributed by atoms with Crippen LogP contribution in [0.15, 0.2) is 92.6 Å². The fourth-order valence-electron chi connectivity index (χ4n) is 4.65. The van der Waals surface area contributed by atoms with Crippen molar-refractivity contribution < 1.29 is 23.9 Å².